The lowest BCUT2D eigenvalue weighted by Crippen LogP contribution is -2.39. The molecule has 1 heterocycles. The molecule has 1 saturated heterocycles. The third-order valence-corrected chi connectivity index (χ3v) is 3.14. The summed E-state index contributed by atoms with van der Waals surface area (Å²) in [6.45, 7) is 2.24. The van der Waals surface area contributed by atoms with E-state index in [-0.39, 0.29) is 12.1 Å². The van der Waals surface area contributed by atoms with Gasteiger partial charge in [0.05, 0.1) is 0 Å². The molecule has 0 bridgehead atoms. The van der Waals surface area contributed by atoms with Crippen molar-refractivity contribution >= 4 is 0 Å². The third-order valence-electron chi connectivity index (χ3n) is 3.14. The molecule has 1 saturated carbocycles. The predicted molar refractivity (Wildman–Crippen MR) is 45.4 cm³/mol. The van der Waals surface area contributed by atoms with Gasteiger partial charge in [-0.25, -0.2) is 0 Å². The molecule has 2 rings (SSSR count). The average Bonchev–Trinajstić information content (AvgIpc) is 2.73. The van der Waals surface area contributed by atoms with Crippen LogP contribution in [0.15, 0.2) is 0 Å². The summed E-state index contributed by atoms with van der Waals surface area (Å²) >= 11 is 0. The van der Waals surface area contributed by atoms with Gasteiger partial charge in [0.2, 0.25) is 0 Å². The highest BCUT2D eigenvalue weighted by molar-refractivity contribution is 4.92. The smallest absolute Gasteiger partial charge is 0.182 e. The van der Waals surface area contributed by atoms with Gasteiger partial charge in [-0.05, 0) is 25.2 Å². The Morgan fingerprint density at radius 1 is 1.42 bits per heavy atom. The van der Waals surface area contributed by atoms with Crippen LogP contribution in [0.4, 0.5) is 0 Å². The maximum absolute atomic E-state index is 9.10. The van der Waals surface area contributed by atoms with Crippen LogP contribution in [0, 0.1) is 11.8 Å². The molecule has 1 aliphatic heterocycles. The zero-order valence-electron chi connectivity index (χ0n) is 7.44. The number of ether oxygens (including phenoxy) is 1. The van der Waals surface area contributed by atoms with Crippen LogP contribution in [0.5, 0.6) is 0 Å². The van der Waals surface area contributed by atoms with Gasteiger partial charge in [0.1, 0.15) is 6.10 Å². The largest absolute Gasteiger partial charge is 0.366 e. The van der Waals surface area contributed by atoms with Crippen molar-refractivity contribution in [2.75, 3.05) is 0 Å². The summed E-state index contributed by atoms with van der Waals surface area (Å²) in [4.78, 5) is 0. The van der Waals surface area contributed by atoms with E-state index in [0.717, 1.165) is 18.8 Å². The lowest BCUT2D eigenvalue weighted by atomic mass is 9.77. The van der Waals surface area contributed by atoms with E-state index in [2.05, 4.69) is 6.92 Å². The fraction of sp³-hybridized carbons (Fsp3) is 1.00. The summed E-state index contributed by atoms with van der Waals surface area (Å²) < 4.78 is 5.05. The van der Waals surface area contributed by atoms with Crippen molar-refractivity contribution in [2.45, 2.75) is 44.6 Å². The maximum atomic E-state index is 9.10. The average molecular weight is 171 g/mol. The molecule has 5 unspecified atom stereocenters. The summed E-state index contributed by atoms with van der Waals surface area (Å²) in [5.74, 6) is 1.13. The highest BCUT2D eigenvalue weighted by Crippen LogP contribution is 2.38. The van der Waals surface area contributed by atoms with E-state index in [0.29, 0.717) is 5.92 Å². The van der Waals surface area contributed by atoms with E-state index in [9.17, 15) is 0 Å². The first-order chi connectivity index (χ1) is 5.68. The molecule has 3 N–H and O–H groups in total. The van der Waals surface area contributed by atoms with Crippen molar-refractivity contribution in [1.82, 2.24) is 0 Å². The number of rotatable bonds is 1. The standard InChI is InChI=1S/C9H17NO2/c1-5-2-3-7(10)6(4-5)8-9(11)12-8/h5-9,11H,2-4,10H2,1H3. The number of aliphatic hydroxyl groups excluding tert-OH is 1. The Labute approximate surface area is 72.9 Å². The van der Waals surface area contributed by atoms with Gasteiger partial charge >= 0.3 is 0 Å². The van der Waals surface area contributed by atoms with Crippen molar-refractivity contribution in [3.05, 3.63) is 0 Å². The molecular formula is C9H17NO2. The number of aliphatic hydroxyl groups is 1. The van der Waals surface area contributed by atoms with Crippen molar-refractivity contribution in [1.29, 1.82) is 0 Å². The molecule has 0 aromatic heterocycles. The zero-order chi connectivity index (χ0) is 8.72. The van der Waals surface area contributed by atoms with E-state index in [1.54, 1.807) is 0 Å². The fourth-order valence-electron chi connectivity index (χ4n) is 2.25. The van der Waals surface area contributed by atoms with E-state index in [4.69, 9.17) is 15.6 Å². The van der Waals surface area contributed by atoms with E-state index in [1.807, 2.05) is 0 Å². The molecule has 3 nitrogen and oxygen atoms in total. The Bertz CT molecular complexity index is 172. The maximum Gasteiger partial charge on any atom is 0.182 e. The van der Waals surface area contributed by atoms with Crippen LogP contribution in [-0.2, 0) is 4.74 Å². The number of hydrogen-bond donors (Lipinski definition) is 2. The zero-order valence-corrected chi connectivity index (χ0v) is 7.44. The van der Waals surface area contributed by atoms with E-state index >= 15 is 0 Å². The molecule has 0 amide bonds. The highest BCUT2D eigenvalue weighted by atomic mass is 16.7. The quantitative estimate of drug-likeness (QED) is 0.564. The highest BCUT2D eigenvalue weighted by Gasteiger charge is 2.47. The second-order valence-electron chi connectivity index (χ2n) is 4.24. The Kier molecular flexibility index (Phi) is 2.10. The third kappa shape index (κ3) is 1.49. The molecule has 0 aromatic carbocycles. The molecule has 0 radical (unpaired) electrons. The van der Waals surface area contributed by atoms with Gasteiger partial charge in [-0.2, -0.15) is 0 Å². The molecule has 2 fully saturated rings. The van der Waals surface area contributed by atoms with Crippen molar-refractivity contribution in [3.63, 3.8) is 0 Å². The second-order valence-corrected chi connectivity index (χ2v) is 4.24. The van der Waals surface area contributed by atoms with Gasteiger partial charge in [-0.1, -0.05) is 6.92 Å². The van der Waals surface area contributed by atoms with Gasteiger partial charge in [0.25, 0.3) is 0 Å². The van der Waals surface area contributed by atoms with Crippen molar-refractivity contribution < 1.29 is 9.84 Å². The van der Waals surface area contributed by atoms with Gasteiger partial charge < -0.3 is 15.6 Å². The second kappa shape index (κ2) is 2.98. The summed E-state index contributed by atoms with van der Waals surface area (Å²) in [6.07, 6.45) is 2.94. The first kappa shape index (κ1) is 8.48. The first-order valence-corrected chi connectivity index (χ1v) is 4.77. The van der Waals surface area contributed by atoms with Crippen LogP contribution in [0.3, 0.4) is 0 Å². The lowest BCUT2D eigenvalue weighted by Gasteiger charge is -2.31. The first-order valence-electron chi connectivity index (χ1n) is 4.77. The van der Waals surface area contributed by atoms with Gasteiger partial charge in [0, 0.05) is 12.0 Å². The van der Waals surface area contributed by atoms with Gasteiger partial charge in [-0.15, -0.1) is 0 Å². The summed E-state index contributed by atoms with van der Waals surface area (Å²) in [7, 11) is 0. The molecule has 0 spiro atoms. The number of nitrogens with two attached hydrogens (primary N) is 1. The minimum atomic E-state index is -0.522. The molecule has 1 aliphatic carbocycles. The monoisotopic (exact) mass is 171 g/mol. The molecule has 5 atom stereocenters. The number of hydrogen-bond acceptors (Lipinski definition) is 3. The normalized spacial score (nSPS) is 53.8. The Balaban J connectivity index is 1.93. The minimum absolute atomic E-state index is 0.0442. The number of epoxide rings is 1. The summed E-state index contributed by atoms with van der Waals surface area (Å²) in [5, 5.41) is 9.10. The van der Waals surface area contributed by atoms with E-state index < -0.39 is 6.29 Å². The van der Waals surface area contributed by atoms with Crippen LogP contribution in [0.2, 0.25) is 0 Å². The van der Waals surface area contributed by atoms with Crippen molar-refractivity contribution in [2.24, 2.45) is 17.6 Å². The van der Waals surface area contributed by atoms with Crippen LogP contribution >= 0.6 is 0 Å². The van der Waals surface area contributed by atoms with Crippen molar-refractivity contribution in [3.8, 4) is 0 Å². The molecule has 2 aliphatic rings. The molecule has 70 valence electrons. The molecule has 12 heavy (non-hydrogen) atoms. The molecule has 3 heteroatoms. The predicted octanol–water partition coefficient (Wildman–Crippen LogP) is 0.467. The van der Waals surface area contributed by atoms with Crippen LogP contribution in [0.25, 0.3) is 0 Å². The van der Waals surface area contributed by atoms with E-state index in [1.165, 1.54) is 6.42 Å². The van der Waals surface area contributed by atoms with Crippen LogP contribution in [0.1, 0.15) is 26.2 Å². The fourth-order valence-corrected chi connectivity index (χ4v) is 2.25. The van der Waals surface area contributed by atoms with Gasteiger partial charge in [-0.3, -0.25) is 0 Å². The molecular weight excluding hydrogens is 154 g/mol. The van der Waals surface area contributed by atoms with Crippen LogP contribution < -0.4 is 5.73 Å². The lowest BCUT2D eigenvalue weighted by molar-refractivity contribution is 0.153. The summed E-state index contributed by atoms with van der Waals surface area (Å²) in [6, 6.07) is 0.239. The Morgan fingerprint density at radius 3 is 2.67 bits per heavy atom. The minimum Gasteiger partial charge on any atom is -0.366 e. The Hall–Kier alpha value is -0.120. The Morgan fingerprint density at radius 2 is 2.08 bits per heavy atom. The topological polar surface area (TPSA) is 58.8 Å². The van der Waals surface area contributed by atoms with Crippen LogP contribution in [-0.4, -0.2) is 23.5 Å². The summed E-state index contributed by atoms with van der Waals surface area (Å²) in [5.41, 5.74) is 5.95. The SMILES string of the molecule is CC1CCC(N)C(C2OC2O)C1. The van der Waals surface area contributed by atoms with Gasteiger partial charge in [0.15, 0.2) is 6.29 Å². The molecule has 0 aromatic rings.